The van der Waals surface area contributed by atoms with Gasteiger partial charge < -0.3 is 34.7 Å². The zero-order valence-corrected chi connectivity index (χ0v) is 17.7. The van der Waals surface area contributed by atoms with E-state index in [1.165, 1.54) is 47.7 Å². The molecule has 0 aliphatic rings. The van der Waals surface area contributed by atoms with Crippen molar-refractivity contribution in [2.75, 3.05) is 40.9 Å². The van der Waals surface area contributed by atoms with Crippen LogP contribution in [-0.2, 0) is 11.2 Å². The Morgan fingerprint density at radius 2 is 1.43 bits per heavy atom. The molecule has 162 valence electrons. The lowest BCUT2D eigenvalue weighted by molar-refractivity contribution is -0.116. The Balaban J connectivity index is 2.22. The predicted molar refractivity (Wildman–Crippen MR) is 111 cm³/mol. The number of ether oxygens (including phenoxy) is 5. The maximum Gasteiger partial charge on any atom is 0.250 e. The molecular weight excluding hydrogens is 392 g/mol. The van der Waals surface area contributed by atoms with Gasteiger partial charge in [0.1, 0.15) is 0 Å². The third kappa shape index (κ3) is 4.86. The summed E-state index contributed by atoms with van der Waals surface area (Å²) in [7, 11) is 7.46. The molecule has 0 aromatic heterocycles. The van der Waals surface area contributed by atoms with Gasteiger partial charge in [-0.15, -0.1) is 0 Å². The molecule has 3 N–H and O–H groups in total. The number of primary amides is 1. The molecule has 0 bridgehead atoms. The lowest BCUT2D eigenvalue weighted by atomic mass is 10.1. The lowest BCUT2D eigenvalue weighted by Gasteiger charge is -2.16. The number of benzene rings is 2. The highest BCUT2D eigenvalue weighted by molar-refractivity contribution is 6.04. The highest BCUT2D eigenvalue weighted by Crippen LogP contribution is 2.40. The van der Waals surface area contributed by atoms with E-state index in [9.17, 15) is 9.59 Å². The SMILES string of the molecule is COc1cc(NC(=O)CCc2ccc(OC)c(OC)c2OC)c(C(N)=O)cc1OC. The van der Waals surface area contributed by atoms with Crippen LogP contribution in [0.15, 0.2) is 24.3 Å². The van der Waals surface area contributed by atoms with Gasteiger partial charge >= 0.3 is 0 Å². The van der Waals surface area contributed by atoms with Gasteiger partial charge in [0.15, 0.2) is 23.0 Å². The maximum atomic E-state index is 12.6. The van der Waals surface area contributed by atoms with Crippen molar-refractivity contribution in [1.29, 1.82) is 0 Å². The number of hydrogen-bond acceptors (Lipinski definition) is 7. The van der Waals surface area contributed by atoms with Gasteiger partial charge in [0.25, 0.3) is 5.91 Å². The van der Waals surface area contributed by atoms with Gasteiger partial charge in [-0.1, -0.05) is 6.07 Å². The number of aryl methyl sites for hydroxylation is 1. The standard InChI is InChI=1S/C21H26N2O7/c1-26-15-8-6-12(19(29-4)20(15)30-5)7-9-18(24)23-14-11-17(28-3)16(27-2)10-13(14)21(22)25/h6,8,10-11H,7,9H2,1-5H3,(H2,22,25)(H,23,24). The highest BCUT2D eigenvalue weighted by atomic mass is 16.5. The first-order valence-corrected chi connectivity index (χ1v) is 9.03. The Hall–Kier alpha value is -3.62. The second kappa shape index (κ2) is 10.2. The molecular formula is C21H26N2O7. The topological polar surface area (TPSA) is 118 Å². The van der Waals surface area contributed by atoms with Crippen LogP contribution >= 0.6 is 0 Å². The van der Waals surface area contributed by atoms with Crippen molar-refractivity contribution in [3.05, 3.63) is 35.4 Å². The minimum Gasteiger partial charge on any atom is -0.493 e. The van der Waals surface area contributed by atoms with Crippen molar-refractivity contribution in [2.45, 2.75) is 12.8 Å². The summed E-state index contributed by atoms with van der Waals surface area (Å²) in [5.41, 5.74) is 6.57. The minimum absolute atomic E-state index is 0.115. The molecule has 2 aromatic rings. The van der Waals surface area contributed by atoms with Gasteiger partial charge in [-0.05, 0) is 24.1 Å². The number of rotatable bonds is 10. The van der Waals surface area contributed by atoms with Crippen LogP contribution in [0, 0.1) is 0 Å². The molecule has 9 nitrogen and oxygen atoms in total. The van der Waals surface area contributed by atoms with Crippen molar-refractivity contribution in [2.24, 2.45) is 5.73 Å². The Morgan fingerprint density at radius 3 is 1.97 bits per heavy atom. The number of carbonyl (C=O) groups excluding carboxylic acids is 2. The van der Waals surface area contributed by atoms with E-state index in [2.05, 4.69) is 5.32 Å². The smallest absolute Gasteiger partial charge is 0.250 e. The van der Waals surface area contributed by atoms with Crippen LogP contribution in [0.3, 0.4) is 0 Å². The maximum absolute atomic E-state index is 12.6. The molecule has 2 aromatic carbocycles. The van der Waals surface area contributed by atoms with Crippen LogP contribution < -0.4 is 34.7 Å². The average molecular weight is 418 g/mol. The molecule has 0 spiro atoms. The summed E-state index contributed by atoms with van der Waals surface area (Å²) in [4.78, 5) is 24.4. The first-order valence-electron chi connectivity index (χ1n) is 9.03. The molecule has 30 heavy (non-hydrogen) atoms. The summed E-state index contributed by atoms with van der Waals surface area (Å²) in [5, 5.41) is 2.70. The monoisotopic (exact) mass is 418 g/mol. The Labute approximate surface area is 175 Å². The van der Waals surface area contributed by atoms with Gasteiger partial charge in [0.05, 0.1) is 46.8 Å². The van der Waals surface area contributed by atoms with Crippen LogP contribution in [0.1, 0.15) is 22.3 Å². The minimum atomic E-state index is -0.701. The summed E-state index contributed by atoms with van der Waals surface area (Å²) in [6, 6.07) is 6.47. The fraction of sp³-hybridized carbons (Fsp3) is 0.333. The number of amides is 2. The van der Waals surface area contributed by atoms with E-state index in [1.807, 2.05) is 0 Å². The third-order valence-electron chi connectivity index (χ3n) is 4.47. The van der Waals surface area contributed by atoms with E-state index in [0.29, 0.717) is 35.2 Å². The van der Waals surface area contributed by atoms with E-state index >= 15 is 0 Å². The van der Waals surface area contributed by atoms with E-state index in [4.69, 9.17) is 29.4 Å². The third-order valence-corrected chi connectivity index (χ3v) is 4.47. The van der Waals surface area contributed by atoms with Crippen LogP contribution in [0.4, 0.5) is 5.69 Å². The number of carbonyl (C=O) groups is 2. The van der Waals surface area contributed by atoms with Crippen LogP contribution in [0.25, 0.3) is 0 Å². The molecule has 0 aliphatic carbocycles. The van der Waals surface area contributed by atoms with Gasteiger partial charge in [-0.2, -0.15) is 0 Å². The predicted octanol–water partition coefficient (Wildman–Crippen LogP) is 2.40. The van der Waals surface area contributed by atoms with Crippen molar-refractivity contribution in [1.82, 2.24) is 0 Å². The lowest BCUT2D eigenvalue weighted by Crippen LogP contribution is -2.19. The molecule has 0 fully saturated rings. The van der Waals surface area contributed by atoms with Crippen LogP contribution in [-0.4, -0.2) is 47.4 Å². The normalized spacial score (nSPS) is 10.2. The van der Waals surface area contributed by atoms with E-state index in [-0.39, 0.29) is 23.6 Å². The molecule has 0 saturated heterocycles. The van der Waals surface area contributed by atoms with Crippen molar-refractivity contribution in [3.8, 4) is 28.7 Å². The fourth-order valence-electron chi connectivity index (χ4n) is 3.01. The average Bonchev–Trinajstić information content (AvgIpc) is 2.76. The molecule has 0 saturated carbocycles. The molecule has 0 heterocycles. The number of hydrogen-bond donors (Lipinski definition) is 2. The quantitative estimate of drug-likeness (QED) is 0.608. The van der Waals surface area contributed by atoms with Gasteiger partial charge in [-0.25, -0.2) is 0 Å². The van der Waals surface area contributed by atoms with E-state index in [1.54, 1.807) is 12.1 Å². The van der Waals surface area contributed by atoms with Gasteiger partial charge in [-0.3, -0.25) is 9.59 Å². The Bertz CT molecular complexity index is 928. The molecule has 0 aliphatic heterocycles. The zero-order valence-electron chi connectivity index (χ0n) is 17.7. The Kier molecular flexibility index (Phi) is 7.74. The van der Waals surface area contributed by atoms with Gasteiger partial charge in [0, 0.05) is 12.5 Å². The Morgan fingerprint density at radius 1 is 0.833 bits per heavy atom. The molecule has 2 rings (SSSR count). The summed E-state index contributed by atoms with van der Waals surface area (Å²) in [5.74, 6) is 1.15. The first kappa shape index (κ1) is 22.7. The summed E-state index contributed by atoms with van der Waals surface area (Å²) in [6.45, 7) is 0. The van der Waals surface area contributed by atoms with E-state index in [0.717, 1.165) is 5.56 Å². The van der Waals surface area contributed by atoms with Crippen molar-refractivity contribution in [3.63, 3.8) is 0 Å². The number of nitrogens with two attached hydrogens (primary N) is 1. The summed E-state index contributed by atoms with van der Waals surface area (Å²) < 4.78 is 26.5. The molecule has 9 heteroatoms. The molecule has 0 unspecified atom stereocenters. The molecule has 0 radical (unpaired) electrons. The van der Waals surface area contributed by atoms with Crippen LogP contribution in [0.5, 0.6) is 28.7 Å². The summed E-state index contributed by atoms with van der Waals surface area (Å²) >= 11 is 0. The van der Waals surface area contributed by atoms with Crippen molar-refractivity contribution < 1.29 is 33.3 Å². The van der Waals surface area contributed by atoms with Crippen LogP contribution in [0.2, 0.25) is 0 Å². The largest absolute Gasteiger partial charge is 0.493 e. The zero-order chi connectivity index (χ0) is 22.3. The number of methoxy groups -OCH3 is 5. The molecule has 2 amide bonds. The fourth-order valence-corrected chi connectivity index (χ4v) is 3.01. The molecule has 0 atom stereocenters. The second-order valence-electron chi connectivity index (χ2n) is 6.16. The number of anilines is 1. The second-order valence-corrected chi connectivity index (χ2v) is 6.16. The first-order chi connectivity index (χ1) is 14.4. The van der Waals surface area contributed by atoms with Crippen molar-refractivity contribution >= 4 is 17.5 Å². The summed E-state index contributed by atoms with van der Waals surface area (Å²) in [6.07, 6.45) is 0.493. The number of nitrogens with one attached hydrogen (secondary N) is 1. The highest BCUT2D eigenvalue weighted by Gasteiger charge is 2.19. The van der Waals surface area contributed by atoms with Gasteiger partial charge in [0.2, 0.25) is 11.7 Å². The van der Waals surface area contributed by atoms with E-state index < -0.39 is 5.91 Å².